The van der Waals surface area contributed by atoms with Gasteiger partial charge in [-0.1, -0.05) is 26.8 Å². The number of rotatable bonds is 14. The van der Waals surface area contributed by atoms with Gasteiger partial charge < -0.3 is 19.5 Å². The lowest BCUT2D eigenvalue weighted by Gasteiger charge is -2.23. The Balaban J connectivity index is 1.95. The minimum atomic E-state index is -0.538. The number of hydrogen-bond donors (Lipinski definition) is 1. The number of aliphatic hydroxyl groups is 1. The second kappa shape index (κ2) is 12.5. The molecule has 7 heteroatoms. The Hall–Kier alpha value is -2.09. The standard InChI is InChI=1S/C22H36N4O3/c1-5-24(6-2)17-20(27)18-29-22-15-19(9-10-21(22)28-4)16-25(7-3)13-14-26-12-8-11-23-26/h8-12,15,20,27H,5-7,13-14,16-18H2,1-4H3/t20-/m0/s1. The zero-order valence-electron chi connectivity index (χ0n) is 18.3. The lowest BCUT2D eigenvalue weighted by Crippen LogP contribution is -2.35. The first-order valence-corrected chi connectivity index (χ1v) is 10.5. The number of benzene rings is 1. The van der Waals surface area contributed by atoms with Gasteiger partial charge in [0.15, 0.2) is 11.5 Å². The van der Waals surface area contributed by atoms with Gasteiger partial charge in [-0.15, -0.1) is 0 Å². The van der Waals surface area contributed by atoms with E-state index in [1.54, 1.807) is 13.3 Å². The average Bonchev–Trinajstić information content (AvgIpc) is 3.27. The first kappa shape index (κ1) is 23.2. The van der Waals surface area contributed by atoms with E-state index >= 15 is 0 Å². The fourth-order valence-corrected chi connectivity index (χ4v) is 3.23. The lowest BCUT2D eigenvalue weighted by molar-refractivity contribution is 0.0705. The first-order valence-electron chi connectivity index (χ1n) is 10.5. The maximum absolute atomic E-state index is 10.3. The fraction of sp³-hybridized carbons (Fsp3) is 0.591. The summed E-state index contributed by atoms with van der Waals surface area (Å²) in [7, 11) is 1.64. The molecule has 0 radical (unpaired) electrons. The van der Waals surface area contributed by atoms with Crippen LogP contribution in [0.25, 0.3) is 0 Å². The minimum Gasteiger partial charge on any atom is -0.493 e. The Labute approximate surface area is 174 Å². The van der Waals surface area contributed by atoms with Crippen LogP contribution in [-0.2, 0) is 13.1 Å². The van der Waals surface area contributed by atoms with Crippen LogP contribution in [0.15, 0.2) is 36.7 Å². The van der Waals surface area contributed by atoms with Crippen LogP contribution in [0.2, 0.25) is 0 Å². The van der Waals surface area contributed by atoms with Crippen molar-refractivity contribution in [3.63, 3.8) is 0 Å². The molecule has 0 spiro atoms. The summed E-state index contributed by atoms with van der Waals surface area (Å²) in [5.41, 5.74) is 1.15. The molecule has 1 atom stereocenters. The van der Waals surface area contributed by atoms with Crippen molar-refractivity contribution in [3.8, 4) is 11.5 Å². The summed E-state index contributed by atoms with van der Waals surface area (Å²) in [5, 5.41) is 14.6. The minimum absolute atomic E-state index is 0.243. The highest BCUT2D eigenvalue weighted by Gasteiger charge is 2.13. The molecule has 29 heavy (non-hydrogen) atoms. The van der Waals surface area contributed by atoms with Crippen LogP contribution in [0, 0.1) is 0 Å². The number of aliphatic hydroxyl groups excluding tert-OH is 1. The van der Waals surface area contributed by atoms with E-state index in [2.05, 4.69) is 41.7 Å². The Morgan fingerprint density at radius 1 is 1.10 bits per heavy atom. The third-order valence-electron chi connectivity index (χ3n) is 5.08. The molecule has 2 aromatic rings. The average molecular weight is 405 g/mol. The van der Waals surface area contributed by atoms with Crippen LogP contribution in [0.1, 0.15) is 26.3 Å². The Bertz CT molecular complexity index is 689. The van der Waals surface area contributed by atoms with Crippen LogP contribution < -0.4 is 9.47 Å². The highest BCUT2D eigenvalue weighted by molar-refractivity contribution is 5.43. The summed E-state index contributed by atoms with van der Waals surface area (Å²) < 4.78 is 13.3. The van der Waals surface area contributed by atoms with E-state index in [4.69, 9.17) is 9.47 Å². The van der Waals surface area contributed by atoms with Gasteiger partial charge in [0.1, 0.15) is 12.7 Å². The maximum atomic E-state index is 10.3. The van der Waals surface area contributed by atoms with E-state index in [0.717, 1.165) is 44.8 Å². The molecule has 1 heterocycles. The molecule has 162 valence electrons. The molecule has 0 saturated heterocycles. The molecule has 0 aliphatic carbocycles. The third-order valence-corrected chi connectivity index (χ3v) is 5.08. The van der Waals surface area contributed by atoms with Crippen LogP contribution in [0.3, 0.4) is 0 Å². The van der Waals surface area contributed by atoms with Crippen LogP contribution in [0.4, 0.5) is 0 Å². The molecular formula is C22H36N4O3. The molecule has 0 bridgehead atoms. The molecule has 0 amide bonds. The van der Waals surface area contributed by atoms with Crippen molar-refractivity contribution in [1.29, 1.82) is 0 Å². The highest BCUT2D eigenvalue weighted by Crippen LogP contribution is 2.28. The Morgan fingerprint density at radius 3 is 2.48 bits per heavy atom. The van der Waals surface area contributed by atoms with E-state index in [1.807, 2.05) is 29.1 Å². The van der Waals surface area contributed by atoms with Gasteiger partial charge in [0.2, 0.25) is 0 Å². The zero-order valence-corrected chi connectivity index (χ0v) is 18.3. The van der Waals surface area contributed by atoms with Gasteiger partial charge in [0, 0.05) is 32.0 Å². The number of likely N-dealkylation sites (N-methyl/N-ethyl adjacent to an activating group) is 2. The molecule has 0 unspecified atom stereocenters. The van der Waals surface area contributed by atoms with Gasteiger partial charge in [-0.05, 0) is 43.4 Å². The monoisotopic (exact) mass is 404 g/mol. The van der Waals surface area contributed by atoms with E-state index in [9.17, 15) is 5.11 Å². The maximum Gasteiger partial charge on any atom is 0.161 e. The molecule has 1 N–H and O–H groups in total. The number of methoxy groups -OCH3 is 1. The Morgan fingerprint density at radius 2 is 1.86 bits per heavy atom. The van der Waals surface area contributed by atoms with Crippen LogP contribution in [-0.4, -0.2) is 77.2 Å². The van der Waals surface area contributed by atoms with Gasteiger partial charge in [-0.2, -0.15) is 5.10 Å². The van der Waals surface area contributed by atoms with E-state index in [0.29, 0.717) is 18.0 Å². The van der Waals surface area contributed by atoms with Gasteiger partial charge in [-0.3, -0.25) is 9.58 Å². The molecule has 0 aliphatic rings. The predicted octanol–water partition coefficient (Wildman–Crippen LogP) is 2.50. The summed E-state index contributed by atoms with van der Waals surface area (Å²) >= 11 is 0. The van der Waals surface area contributed by atoms with Gasteiger partial charge in [-0.25, -0.2) is 0 Å². The summed E-state index contributed by atoms with van der Waals surface area (Å²) in [6.07, 6.45) is 3.25. The highest BCUT2D eigenvalue weighted by atomic mass is 16.5. The first-order chi connectivity index (χ1) is 14.1. The van der Waals surface area contributed by atoms with E-state index < -0.39 is 6.10 Å². The molecule has 1 aromatic carbocycles. The van der Waals surface area contributed by atoms with Crippen molar-refractivity contribution in [2.75, 3.05) is 46.4 Å². The molecule has 0 aliphatic heterocycles. The summed E-state index contributed by atoms with van der Waals surface area (Å²) in [5.74, 6) is 1.36. The van der Waals surface area contributed by atoms with Gasteiger partial charge >= 0.3 is 0 Å². The normalized spacial score (nSPS) is 12.5. The van der Waals surface area contributed by atoms with Crippen molar-refractivity contribution in [1.82, 2.24) is 19.6 Å². The molecule has 2 rings (SSSR count). The number of hydrogen-bond acceptors (Lipinski definition) is 6. The second-order valence-corrected chi connectivity index (χ2v) is 7.07. The van der Waals surface area contributed by atoms with Crippen LogP contribution in [0.5, 0.6) is 11.5 Å². The Kier molecular flexibility index (Phi) is 9.97. The zero-order chi connectivity index (χ0) is 21.1. The third kappa shape index (κ3) is 7.68. The van der Waals surface area contributed by atoms with Crippen molar-refractivity contribution < 1.29 is 14.6 Å². The van der Waals surface area contributed by atoms with E-state index in [1.165, 1.54) is 0 Å². The number of ether oxygens (including phenoxy) is 2. The van der Waals surface area contributed by atoms with Crippen molar-refractivity contribution >= 4 is 0 Å². The molecule has 0 fully saturated rings. The quantitative estimate of drug-likeness (QED) is 0.522. The SMILES string of the molecule is CCN(CCn1cccn1)Cc1ccc(OC)c(OC[C@@H](O)CN(CC)CC)c1. The van der Waals surface area contributed by atoms with Gasteiger partial charge in [0.05, 0.1) is 13.7 Å². The van der Waals surface area contributed by atoms with Crippen molar-refractivity contribution in [2.24, 2.45) is 0 Å². The smallest absolute Gasteiger partial charge is 0.161 e. The molecular weight excluding hydrogens is 368 g/mol. The summed E-state index contributed by atoms with van der Waals surface area (Å²) in [6.45, 7) is 12.6. The fourth-order valence-electron chi connectivity index (χ4n) is 3.23. The van der Waals surface area contributed by atoms with Crippen molar-refractivity contribution in [2.45, 2.75) is 40.0 Å². The number of nitrogens with zero attached hydrogens (tertiary/aromatic N) is 4. The van der Waals surface area contributed by atoms with Crippen molar-refractivity contribution in [3.05, 3.63) is 42.2 Å². The predicted molar refractivity (Wildman–Crippen MR) is 115 cm³/mol. The molecule has 1 aromatic heterocycles. The second-order valence-electron chi connectivity index (χ2n) is 7.07. The van der Waals surface area contributed by atoms with E-state index in [-0.39, 0.29) is 6.61 Å². The molecule has 7 nitrogen and oxygen atoms in total. The number of aromatic nitrogens is 2. The van der Waals surface area contributed by atoms with Gasteiger partial charge in [0.25, 0.3) is 0 Å². The lowest BCUT2D eigenvalue weighted by atomic mass is 10.2. The molecule has 0 saturated carbocycles. The summed E-state index contributed by atoms with van der Waals surface area (Å²) in [6, 6.07) is 7.95. The topological polar surface area (TPSA) is 63.0 Å². The largest absolute Gasteiger partial charge is 0.493 e. The van der Waals surface area contributed by atoms with Crippen LogP contribution >= 0.6 is 0 Å². The summed E-state index contributed by atoms with van der Waals surface area (Å²) in [4.78, 5) is 4.54.